The fraction of sp³-hybridized carbons (Fsp3) is 0.700. The average molecular weight is 681 g/mol. The van der Waals surface area contributed by atoms with Gasteiger partial charge in [-0.1, -0.05) is 0 Å². The second kappa shape index (κ2) is 4.15. The third kappa shape index (κ3) is 0.680. The van der Waals surface area contributed by atoms with Crippen molar-refractivity contribution >= 4 is 17.2 Å². The molecule has 0 amide bonds. The normalized spacial score (nSPS) is 66.5. The zero-order chi connectivity index (χ0) is 30.6. The molecule has 8 unspecified atom stereocenters. The summed E-state index contributed by atoms with van der Waals surface area (Å²) in [7, 11) is 3.76. The standard InChI is InChI=1S/C35H49N2P2.C5H5.Fe/c1-33(2,3)39(34(4,5)6)24-28-29(35(38,30-19-13-21-36-30)31-20-14-22-37-31)23-27(25-15-9-7-10-16-25)32(28)26-17-11-8-12-18-26;1-2-4-5-3-1;/h7-12,15-18,23,30-31,36-37H,13-14,19-22,24,38H2,1-6H3;1-5H;. The molecule has 1 spiro atoms. The fourth-order valence-corrected chi connectivity index (χ4v) is 119. The zero-order valence-electron chi connectivity index (χ0n) is 28.2. The summed E-state index contributed by atoms with van der Waals surface area (Å²) >= 11 is 0. The molecular formula is C40H54FeN2P2. The van der Waals surface area contributed by atoms with Gasteiger partial charge < -0.3 is 0 Å². The van der Waals surface area contributed by atoms with Crippen LogP contribution in [0.5, 0.6) is 0 Å². The molecule has 2 N–H and O–H groups in total. The van der Waals surface area contributed by atoms with Crippen LogP contribution < -0.4 is 10.6 Å². The summed E-state index contributed by atoms with van der Waals surface area (Å²) < 4.78 is 2.32. The van der Waals surface area contributed by atoms with Crippen molar-refractivity contribution < 1.29 is 6.51 Å². The Hall–Kier alpha value is -0.261. The molecule has 45 heavy (non-hydrogen) atoms. The average Bonchev–Trinajstić information content (AvgIpc) is 3.81. The van der Waals surface area contributed by atoms with E-state index in [9.17, 15) is 0 Å². The van der Waals surface area contributed by atoms with Crippen LogP contribution in [0.3, 0.4) is 0 Å². The monoisotopic (exact) mass is 680 g/mol. The molecule has 12 heterocycles. The third-order valence-electron chi connectivity index (χ3n) is 23.8. The summed E-state index contributed by atoms with van der Waals surface area (Å²) in [6, 6.07) is 26.6. The fourth-order valence-electron chi connectivity index (χ4n) is 27.1. The Morgan fingerprint density at radius 2 is 1.20 bits per heavy atom. The summed E-state index contributed by atoms with van der Waals surface area (Å²) in [5.41, 5.74) is 3.73. The van der Waals surface area contributed by atoms with Crippen molar-refractivity contribution in [3.8, 4) is 0 Å². The van der Waals surface area contributed by atoms with Crippen molar-refractivity contribution in [3.63, 3.8) is 0 Å². The molecule has 14 rings (SSSR count). The molecule has 5 heteroatoms. The molecule has 0 bridgehead atoms. The number of hydrogen-bond donors (Lipinski definition) is 2. The van der Waals surface area contributed by atoms with Gasteiger partial charge in [0.2, 0.25) is 0 Å². The first-order chi connectivity index (χ1) is 21.2. The number of nitrogens with one attached hydrogen (secondary N) is 2. The SMILES string of the molecule is CC(C)(C)P(C[C]12[C]3(c4ccccc4)[C]4(c5ccccc5)[CH]5[C]1(C(P)(C1CCCN1)C1CCCN1)[Fe]54231678[CH]2[CH]1[CH]6[CH]7[CH]28)C(C)(C)C. The molecule has 0 aromatic heterocycles. The summed E-state index contributed by atoms with van der Waals surface area (Å²) in [6.07, 6.45) is 7.15. The van der Waals surface area contributed by atoms with E-state index in [2.05, 4.69) is 122 Å². The van der Waals surface area contributed by atoms with Crippen LogP contribution in [0.1, 0.15) is 78.4 Å². The maximum absolute atomic E-state index is 4.60. The molecule has 2 nitrogen and oxygen atoms in total. The van der Waals surface area contributed by atoms with Gasteiger partial charge in [0.1, 0.15) is 0 Å². The van der Waals surface area contributed by atoms with E-state index in [1.807, 2.05) is 11.1 Å². The van der Waals surface area contributed by atoms with Crippen LogP contribution in [-0.4, -0.2) is 46.8 Å². The van der Waals surface area contributed by atoms with Crippen molar-refractivity contribution in [3.05, 3.63) is 71.8 Å². The summed E-state index contributed by atoms with van der Waals surface area (Å²) in [4.78, 5) is 6.98. The van der Waals surface area contributed by atoms with Gasteiger partial charge in [-0.25, -0.2) is 0 Å². The summed E-state index contributed by atoms with van der Waals surface area (Å²) in [5.74, 6) is 0. The van der Waals surface area contributed by atoms with E-state index in [0.29, 0.717) is 44.8 Å². The van der Waals surface area contributed by atoms with E-state index in [1.54, 1.807) is 6.16 Å². The molecule has 8 atom stereocenters. The Kier molecular flexibility index (Phi) is 2.37. The Morgan fingerprint density at radius 1 is 0.733 bits per heavy atom. The summed E-state index contributed by atoms with van der Waals surface area (Å²) in [5, 5.41) is 9.67. The van der Waals surface area contributed by atoms with Gasteiger partial charge in [-0.05, 0) is 0 Å². The number of benzene rings is 2. The van der Waals surface area contributed by atoms with Crippen LogP contribution in [0.25, 0.3) is 0 Å². The molecule has 12 aliphatic rings. The van der Waals surface area contributed by atoms with Crippen molar-refractivity contribution in [1.82, 2.24) is 10.6 Å². The second-order valence-electron chi connectivity index (χ2n) is 21.9. The van der Waals surface area contributed by atoms with Gasteiger partial charge in [0.05, 0.1) is 0 Å². The van der Waals surface area contributed by atoms with Gasteiger partial charge >= 0.3 is 266 Å². The Balaban J connectivity index is 1.18. The maximum atomic E-state index is 4.31. The minimum absolute atomic E-state index is 0.181. The summed E-state index contributed by atoms with van der Waals surface area (Å²) in [6.45, 7) is 13.8. The van der Waals surface area contributed by atoms with Crippen LogP contribution in [0.2, 0.25) is 37.5 Å². The molecule has 242 valence electrons. The number of rotatable bonds is 7. The first-order valence-corrected chi connectivity index (χ1v) is 26.7. The molecular weight excluding hydrogens is 626 g/mol. The third-order valence-corrected chi connectivity index (χ3v) is 74.0. The van der Waals surface area contributed by atoms with E-state index in [0.717, 1.165) is 4.82 Å². The molecule has 12 saturated heterocycles. The minimum atomic E-state index is -4.60. The van der Waals surface area contributed by atoms with Crippen molar-refractivity contribution in [2.75, 3.05) is 19.3 Å². The molecule has 12 aliphatic heterocycles. The topological polar surface area (TPSA) is 24.1 Å². The van der Waals surface area contributed by atoms with Crippen molar-refractivity contribution in [2.45, 2.75) is 141 Å². The molecule has 0 radical (unpaired) electrons. The van der Waals surface area contributed by atoms with Gasteiger partial charge in [0.15, 0.2) is 0 Å². The predicted molar refractivity (Wildman–Crippen MR) is 190 cm³/mol. The van der Waals surface area contributed by atoms with E-state index < -0.39 is 6.51 Å². The van der Waals surface area contributed by atoms with E-state index in [1.165, 1.54) is 62.9 Å². The van der Waals surface area contributed by atoms with E-state index in [-0.39, 0.29) is 7.92 Å². The van der Waals surface area contributed by atoms with Gasteiger partial charge in [-0.15, -0.1) is 0 Å². The molecule has 0 aliphatic carbocycles. The Morgan fingerprint density at radius 3 is 1.60 bits per heavy atom. The first-order valence-electron chi connectivity index (χ1n) is 18.6. The van der Waals surface area contributed by atoms with Crippen LogP contribution in [0.15, 0.2) is 60.7 Å². The van der Waals surface area contributed by atoms with Gasteiger partial charge in [0.25, 0.3) is 0 Å². The van der Waals surface area contributed by atoms with Crippen LogP contribution in [-0.2, 0) is 15.1 Å². The number of hydrogen-bond acceptors (Lipinski definition) is 2. The van der Waals surface area contributed by atoms with Crippen molar-refractivity contribution in [2.24, 2.45) is 0 Å². The van der Waals surface area contributed by atoms with Crippen LogP contribution in [0.4, 0.5) is 0 Å². The second-order valence-corrected chi connectivity index (χ2v) is 49.4. The predicted octanol–water partition coefficient (Wildman–Crippen LogP) is 9.53. The molecule has 2 aromatic carbocycles. The zero-order valence-corrected chi connectivity index (χ0v) is 31.4. The number of fused-ring (bicyclic) bond motifs is 10. The molecule has 2 aromatic rings. The Bertz CT molecular complexity index is 2130. The van der Waals surface area contributed by atoms with E-state index >= 15 is 0 Å². The van der Waals surface area contributed by atoms with Gasteiger partial charge in [-0.3, -0.25) is 0 Å². The molecule has 12 fully saturated rings. The first kappa shape index (κ1) is 25.7. The van der Waals surface area contributed by atoms with Crippen molar-refractivity contribution in [1.29, 1.82) is 0 Å². The van der Waals surface area contributed by atoms with Gasteiger partial charge in [-0.2, -0.15) is 0 Å². The molecule has 0 saturated carbocycles. The Labute approximate surface area is 265 Å². The quantitative estimate of drug-likeness (QED) is 0.225. The van der Waals surface area contributed by atoms with E-state index in [4.69, 9.17) is 0 Å². The van der Waals surface area contributed by atoms with Gasteiger partial charge in [0, 0.05) is 0 Å². The van der Waals surface area contributed by atoms with Crippen LogP contribution in [0, 0.1) is 0 Å². The van der Waals surface area contributed by atoms with Crippen LogP contribution >= 0.6 is 17.2 Å².